The molecule has 0 fully saturated rings. The van der Waals surface area contributed by atoms with Gasteiger partial charge in [-0.05, 0) is 34.5 Å². The second kappa shape index (κ2) is 4.95. The highest BCUT2D eigenvalue weighted by atomic mass is 79.9. The SMILES string of the molecule is COc1cc(C)c(-c2noc(CN)n2)c(Br)c1O. The summed E-state index contributed by atoms with van der Waals surface area (Å²) in [6.45, 7) is 2.03. The Labute approximate surface area is 112 Å². The molecule has 2 rings (SSSR count). The number of aromatic nitrogens is 2. The molecule has 0 unspecified atom stereocenters. The summed E-state index contributed by atoms with van der Waals surface area (Å²) in [6.07, 6.45) is 0. The first-order valence-electron chi connectivity index (χ1n) is 5.17. The van der Waals surface area contributed by atoms with Crippen LogP contribution in [0.2, 0.25) is 0 Å². The maximum absolute atomic E-state index is 9.95. The zero-order chi connectivity index (χ0) is 13.3. The van der Waals surface area contributed by atoms with E-state index >= 15 is 0 Å². The Hall–Kier alpha value is -1.60. The van der Waals surface area contributed by atoms with Gasteiger partial charge in [-0.15, -0.1) is 0 Å². The van der Waals surface area contributed by atoms with Crippen LogP contribution in [-0.2, 0) is 6.54 Å². The number of phenolic OH excluding ortho intramolecular Hbond substituents is 1. The number of rotatable bonds is 3. The molecule has 6 nitrogen and oxygen atoms in total. The molecular weight excluding hydrogens is 302 g/mol. The third-order valence-corrected chi connectivity index (χ3v) is 3.26. The molecule has 1 aromatic carbocycles. The summed E-state index contributed by atoms with van der Waals surface area (Å²) in [5.74, 6) is 1.09. The number of aromatic hydroxyl groups is 1. The molecule has 0 bridgehead atoms. The maximum atomic E-state index is 9.95. The number of aryl methyl sites for hydroxylation is 1. The zero-order valence-corrected chi connectivity index (χ0v) is 11.5. The van der Waals surface area contributed by atoms with Crippen molar-refractivity contribution in [3.05, 3.63) is 22.0 Å². The predicted molar refractivity (Wildman–Crippen MR) is 68.3 cm³/mol. The molecule has 0 spiro atoms. The van der Waals surface area contributed by atoms with E-state index in [1.54, 1.807) is 6.07 Å². The van der Waals surface area contributed by atoms with Crippen LogP contribution in [0.3, 0.4) is 0 Å². The van der Waals surface area contributed by atoms with Gasteiger partial charge < -0.3 is 20.1 Å². The van der Waals surface area contributed by atoms with Gasteiger partial charge in [-0.2, -0.15) is 4.98 Å². The van der Waals surface area contributed by atoms with Crippen LogP contribution < -0.4 is 10.5 Å². The van der Waals surface area contributed by atoms with E-state index in [1.165, 1.54) is 7.11 Å². The molecule has 7 heteroatoms. The molecular formula is C11H12BrN3O3. The molecule has 0 saturated carbocycles. The summed E-state index contributed by atoms with van der Waals surface area (Å²) in [5.41, 5.74) is 6.91. The molecule has 0 amide bonds. The Bertz CT molecular complexity index is 583. The molecule has 96 valence electrons. The first kappa shape index (κ1) is 12.8. The topological polar surface area (TPSA) is 94.4 Å². The quantitative estimate of drug-likeness (QED) is 0.899. The molecule has 0 saturated heterocycles. The third kappa shape index (κ3) is 2.06. The maximum Gasteiger partial charge on any atom is 0.240 e. The summed E-state index contributed by atoms with van der Waals surface area (Å²) in [5, 5.41) is 13.8. The second-order valence-corrected chi connectivity index (χ2v) is 4.44. The van der Waals surface area contributed by atoms with E-state index in [0.29, 0.717) is 27.5 Å². The summed E-state index contributed by atoms with van der Waals surface area (Å²) in [7, 11) is 1.49. The third-order valence-electron chi connectivity index (χ3n) is 2.49. The Morgan fingerprint density at radius 2 is 2.28 bits per heavy atom. The average molecular weight is 314 g/mol. The number of phenols is 1. The fraction of sp³-hybridized carbons (Fsp3) is 0.273. The van der Waals surface area contributed by atoms with E-state index in [0.717, 1.165) is 5.56 Å². The van der Waals surface area contributed by atoms with Gasteiger partial charge in [0, 0.05) is 5.56 Å². The number of halogens is 1. The molecule has 0 aliphatic carbocycles. The minimum absolute atomic E-state index is 0.00259. The molecule has 3 N–H and O–H groups in total. The van der Waals surface area contributed by atoms with E-state index in [2.05, 4.69) is 26.1 Å². The Morgan fingerprint density at radius 1 is 1.56 bits per heavy atom. The number of ether oxygens (including phenoxy) is 1. The van der Waals surface area contributed by atoms with Crippen molar-refractivity contribution >= 4 is 15.9 Å². The van der Waals surface area contributed by atoms with Crippen molar-refractivity contribution in [2.45, 2.75) is 13.5 Å². The van der Waals surface area contributed by atoms with Crippen molar-refractivity contribution in [3.63, 3.8) is 0 Å². The first-order chi connectivity index (χ1) is 8.58. The largest absolute Gasteiger partial charge is 0.503 e. The van der Waals surface area contributed by atoms with Crippen LogP contribution in [0.1, 0.15) is 11.5 Å². The summed E-state index contributed by atoms with van der Waals surface area (Å²) < 4.78 is 10.5. The molecule has 0 aliphatic heterocycles. The number of hydrogen-bond donors (Lipinski definition) is 2. The average Bonchev–Trinajstić information content (AvgIpc) is 2.82. The van der Waals surface area contributed by atoms with Crippen molar-refractivity contribution in [1.29, 1.82) is 0 Å². The number of nitrogens with zero attached hydrogens (tertiary/aromatic N) is 2. The lowest BCUT2D eigenvalue weighted by Crippen LogP contribution is -1.96. The molecule has 1 heterocycles. The summed E-state index contributed by atoms with van der Waals surface area (Å²) >= 11 is 3.31. The molecule has 0 aliphatic rings. The number of nitrogens with two attached hydrogens (primary N) is 1. The van der Waals surface area contributed by atoms with E-state index in [1.807, 2.05) is 6.92 Å². The van der Waals surface area contributed by atoms with Crippen molar-refractivity contribution in [3.8, 4) is 22.9 Å². The van der Waals surface area contributed by atoms with Crippen molar-refractivity contribution in [2.75, 3.05) is 7.11 Å². The van der Waals surface area contributed by atoms with Crippen LogP contribution in [0.25, 0.3) is 11.4 Å². The van der Waals surface area contributed by atoms with Crippen LogP contribution >= 0.6 is 15.9 Å². The van der Waals surface area contributed by atoms with Crippen molar-refractivity contribution in [1.82, 2.24) is 10.1 Å². The molecule has 1 aromatic heterocycles. The van der Waals surface area contributed by atoms with E-state index in [9.17, 15) is 5.11 Å². The van der Waals surface area contributed by atoms with Crippen molar-refractivity contribution < 1.29 is 14.4 Å². The number of hydrogen-bond acceptors (Lipinski definition) is 6. The van der Waals surface area contributed by atoms with Gasteiger partial charge in [-0.1, -0.05) is 5.16 Å². The van der Waals surface area contributed by atoms with Gasteiger partial charge >= 0.3 is 0 Å². The molecule has 0 radical (unpaired) electrons. The minimum Gasteiger partial charge on any atom is -0.503 e. The van der Waals surface area contributed by atoms with Crippen LogP contribution in [0.15, 0.2) is 15.1 Å². The minimum atomic E-state index is -0.00259. The Balaban J connectivity index is 2.60. The number of benzene rings is 1. The van der Waals surface area contributed by atoms with E-state index < -0.39 is 0 Å². The number of methoxy groups -OCH3 is 1. The van der Waals surface area contributed by atoms with Gasteiger partial charge in [0.15, 0.2) is 11.5 Å². The smallest absolute Gasteiger partial charge is 0.240 e. The van der Waals surface area contributed by atoms with Gasteiger partial charge in [-0.3, -0.25) is 0 Å². The highest BCUT2D eigenvalue weighted by molar-refractivity contribution is 9.10. The Morgan fingerprint density at radius 3 is 2.83 bits per heavy atom. The molecule has 18 heavy (non-hydrogen) atoms. The lowest BCUT2D eigenvalue weighted by atomic mass is 10.1. The van der Waals surface area contributed by atoms with Crippen LogP contribution in [0, 0.1) is 6.92 Å². The first-order valence-corrected chi connectivity index (χ1v) is 5.96. The van der Waals surface area contributed by atoms with Gasteiger partial charge in [0.25, 0.3) is 0 Å². The molecule has 0 atom stereocenters. The Kier molecular flexibility index (Phi) is 3.53. The van der Waals surface area contributed by atoms with Gasteiger partial charge in [0.05, 0.1) is 18.1 Å². The zero-order valence-electron chi connectivity index (χ0n) is 9.90. The lowest BCUT2D eigenvalue weighted by Gasteiger charge is -2.10. The van der Waals surface area contributed by atoms with E-state index in [-0.39, 0.29) is 12.3 Å². The van der Waals surface area contributed by atoms with Gasteiger partial charge in [-0.25, -0.2) is 0 Å². The predicted octanol–water partition coefficient (Wildman–Crippen LogP) is 1.98. The van der Waals surface area contributed by atoms with Crippen molar-refractivity contribution in [2.24, 2.45) is 5.73 Å². The fourth-order valence-corrected chi connectivity index (χ4v) is 2.29. The standard InChI is InChI=1S/C11H12BrN3O3/c1-5-3-6(17-2)10(16)9(12)8(5)11-14-7(4-13)18-15-11/h3,16H,4,13H2,1-2H3. The molecule has 2 aromatic rings. The second-order valence-electron chi connectivity index (χ2n) is 3.65. The van der Waals surface area contributed by atoms with Crippen LogP contribution in [0.4, 0.5) is 0 Å². The fourth-order valence-electron chi connectivity index (χ4n) is 1.61. The lowest BCUT2D eigenvalue weighted by molar-refractivity contribution is 0.371. The van der Waals surface area contributed by atoms with Gasteiger partial charge in [0.1, 0.15) is 0 Å². The monoisotopic (exact) mass is 313 g/mol. The van der Waals surface area contributed by atoms with Crippen LogP contribution in [-0.4, -0.2) is 22.4 Å². The summed E-state index contributed by atoms with van der Waals surface area (Å²) in [4.78, 5) is 4.13. The normalized spacial score (nSPS) is 10.7. The highest BCUT2D eigenvalue weighted by Crippen LogP contribution is 2.42. The van der Waals surface area contributed by atoms with E-state index in [4.69, 9.17) is 15.0 Å². The summed E-state index contributed by atoms with van der Waals surface area (Å²) in [6, 6.07) is 1.70. The van der Waals surface area contributed by atoms with Gasteiger partial charge in [0.2, 0.25) is 11.7 Å². The highest BCUT2D eigenvalue weighted by Gasteiger charge is 2.19. The van der Waals surface area contributed by atoms with Crippen LogP contribution in [0.5, 0.6) is 11.5 Å².